The molecule has 0 aliphatic carbocycles. The van der Waals surface area contributed by atoms with E-state index < -0.39 is 8.07 Å². The molecule has 8 heavy (non-hydrogen) atoms. The zero-order valence-corrected chi connectivity index (χ0v) is 7.20. The Kier molecular flexibility index (Phi) is 6.44. The largest absolute Gasteiger partial charge is 0.107 e. The van der Waals surface area contributed by atoms with Crippen LogP contribution in [0, 0.1) is 0 Å². The molecule has 0 bridgehead atoms. The van der Waals surface area contributed by atoms with Crippen molar-refractivity contribution in [3.05, 3.63) is 25.4 Å². The number of hydrogen-bond acceptors (Lipinski definition) is 0. The lowest BCUT2D eigenvalue weighted by Gasteiger charge is -2.04. The van der Waals surface area contributed by atoms with E-state index in [1.54, 1.807) is 0 Å². The van der Waals surface area contributed by atoms with Gasteiger partial charge in [-0.1, -0.05) is 19.6 Å². The lowest BCUT2D eigenvalue weighted by atomic mass is 11.3. The van der Waals surface area contributed by atoms with E-state index in [1.165, 1.54) is 0 Å². The van der Waals surface area contributed by atoms with E-state index in [4.69, 9.17) is 0 Å². The maximum Gasteiger partial charge on any atom is 0.0679 e. The molecule has 0 spiro atoms. The molecule has 0 aromatic rings. The minimum Gasteiger partial charge on any atom is -0.107 e. The third-order valence-corrected chi connectivity index (χ3v) is 1.84. The molecule has 0 nitrogen and oxygen atoms in total. The topological polar surface area (TPSA) is 0 Å². The molecule has 0 rings (SSSR count). The Bertz CT molecular complexity index is 59.3. The summed E-state index contributed by atoms with van der Waals surface area (Å²) in [5.74, 6) is 0. The summed E-state index contributed by atoms with van der Waals surface area (Å²) in [5.41, 5.74) is 2.08. The van der Waals surface area contributed by atoms with Crippen LogP contribution < -0.4 is 0 Å². The van der Waals surface area contributed by atoms with Crippen molar-refractivity contribution in [3.8, 4) is 0 Å². The van der Waals surface area contributed by atoms with Crippen molar-refractivity contribution in [3.63, 3.8) is 0 Å². The second kappa shape index (κ2) is 4.85. The van der Waals surface area contributed by atoms with Crippen molar-refractivity contribution in [1.29, 1.82) is 0 Å². The Hall–Kier alpha value is -0.303. The summed E-state index contributed by atoms with van der Waals surface area (Å²) >= 11 is 0. The second-order valence-corrected chi connectivity index (χ2v) is 7.71. The van der Waals surface area contributed by atoms with Gasteiger partial charge >= 0.3 is 0 Å². The zero-order valence-electron chi connectivity index (χ0n) is 6.20. The van der Waals surface area contributed by atoms with Crippen molar-refractivity contribution >= 4 is 8.07 Å². The molecular formula is C7H16Si. The van der Waals surface area contributed by atoms with E-state index in [0.717, 1.165) is 0 Å². The van der Waals surface area contributed by atoms with E-state index in [0.29, 0.717) is 0 Å². The van der Waals surface area contributed by atoms with Gasteiger partial charge in [-0.25, -0.2) is 0 Å². The van der Waals surface area contributed by atoms with Crippen molar-refractivity contribution < 1.29 is 0 Å². The fraction of sp³-hybridized carbons (Fsp3) is 0.429. The van der Waals surface area contributed by atoms with Crippen LogP contribution in [0.3, 0.4) is 0 Å². The molecule has 0 amide bonds. The standard InChI is InChI=1S/C5H12Si.C2H4/c1-5-6(2,3)4;1-2/h5H,1H2,2-4H3;1-2H2. The quantitative estimate of drug-likeness (QED) is 0.376. The molecule has 48 valence electrons. The molecule has 0 fully saturated rings. The Labute approximate surface area is 53.9 Å². The molecule has 0 atom stereocenters. The summed E-state index contributed by atoms with van der Waals surface area (Å²) in [5, 5.41) is 0. The Morgan fingerprint density at radius 3 is 1.25 bits per heavy atom. The zero-order chi connectivity index (χ0) is 7.21. The van der Waals surface area contributed by atoms with Gasteiger partial charge in [-0.05, 0) is 0 Å². The third kappa shape index (κ3) is 17.3. The molecule has 0 saturated carbocycles. The monoisotopic (exact) mass is 128 g/mol. The second-order valence-electron chi connectivity index (χ2n) is 2.57. The van der Waals surface area contributed by atoms with Gasteiger partial charge in [0.2, 0.25) is 0 Å². The van der Waals surface area contributed by atoms with Gasteiger partial charge in [0.25, 0.3) is 0 Å². The molecule has 1 heteroatoms. The van der Waals surface area contributed by atoms with Gasteiger partial charge in [0, 0.05) is 0 Å². The first-order chi connectivity index (χ1) is 3.56. The molecule has 0 aromatic heterocycles. The van der Waals surface area contributed by atoms with Crippen LogP contribution in [0.15, 0.2) is 25.4 Å². The summed E-state index contributed by atoms with van der Waals surface area (Å²) in [4.78, 5) is 0. The molecule has 0 radical (unpaired) electrons. The fourth-order valence-corrected chi connectivity index (χ4v) is 0. The first-order valence-corrected chi connectivity index (χ1v) is 6.27. The Morgan fingerprint density at radius 1 is 1.12 bits per heavy atom. The smallest absolute Gasteiger partial charge is 0.0679 e. The van der Waals surface area contributed by atoms with Crippen LogP contribution in [0.25, 0.3) is 0 Å². The van der Waals surface area contributed by atoms with Crippen LogP contribution in [0.4, 0.5) is 0 Å². The Balaban J connectivity index is 0. The molecule has 0 unspecified atom stereocenters. The van der Waals surface area contributed by atoms with Gasteiger partial charge in [0.1, 0.15) is 0 Å². The molecule has 0 N–H and O–H groups in total. The SMILES string of the molecule is C=C.C=C[Si](C)(C)C. The highest BCUT2D eigenvalue weighted by atomic mass is 28.3. The number of rotatable bonds is 1. The van der Waals surface area contributed by atoms with E-state index in [9.17, 15) is 0 Å². The van der Waals surface area contributed by atoms with Gasteiger partial charge in [-0.15, -0.1) is 25.4 Å². The van der Waals surface area contributed by atoms with Crippen LogP contribution in [0.1, 0.15) is 0 Å². The van der Waals surface area contributed by atoms with Gasteiger partial charge in [-0.2, -0.15) is 0 Å². The number of hydrogen-bond donors (Lipinski definition) is 0. The predicted octanol–water partition coefficient (Wildman–Crippen LogP) is 2.85. The van der Waals surface area contributed by atoms with Crippen molar-refractivity contribution in [2.45, 2.75) is 19.6 Å². The van der Waals surface area contributed by atoms with Gasteiger partial charge in [0.15, 0.2) is 0 Å². The van der Waals surface area contributed by atoms with Crippen molar-refractivity contribution in [2.24, 2.45) is 0 Å². The summed E-state index contributed by atoms with van der Waals surface area (Å²) in [6, 6.07) is 0. The van der Waals surface area contributed by atoms with Crippen molar-refractivity contribution in [2.75, 3.05) is 0 Å². The van der Waals surface area contributed by atoms with Crippen LogP contribution in [-0.4, -0.2) is 8.07 Å². The van der Waals surface area contributed by atoms with E-state index in [1.807, 2.05) is 0 Å². The third-order valence-electron chi connectivity index (χ3n) is 0.612. The Morgan fingerprint density at radius 2 is 1.25 bits per heavy atom. The highest BCUT2D eigenvalue weighted by Crippen LogP contribution is 1.98. The molecule has 0 saturated heterocycles. The molecule has 0 heterocycles. The lowest BCUT2D eigenvalue weighted by Crippen LogP contribution is -2.14. The van der Waals surface area contributed by atoms with Gasteiger partial charge < -0.3 is 0 Å². The van der Waals surface area contributed by atoms with E-state index in [2.05, 4.69) is 45.1 Å². The van der Waals surface area contributed by atoms with Crippen LogP contribution in [-0.2, 0) is 0 Å². The van der Waals surface area contributed by atoms with E-state index in [-0.39, 0.29) is 0 Å². The molecular weight excluding hydrogens is 112 g/mol. The van der Waals surface area contributed by atoms with Crippen LogP contribution in [0.5, 0.6) is 0 Å². The predicted molar refractivity (Wildman–Crippen MR) is 44.8 cm³/mol. The fourth-order valence-electron chi connectivity index (χ4n) is 0. The summed E-state index contributed by atoms with van der Waals surface area (Å²) in [6.07, 6.45) is 0. The summed E-state index contributed by atoms with van der Waals surface area (Å²) in [7, 11) is -0.867. The lowest BCUT2D eigenvalue weighted by molar-refractivity contribution is 1.78. The first kappa shape index (κ1) is 10.6. The maximum atomic E-state index is 3.69. The average Bonchev–Trinajstić information content (AvgIpc) is 1.71. The minimum atomic E-state index is -0.867. The van der Waals surface area contributed by atoms with Crippen LogP contribution >= 0.6 is 0 Å². The minimum absolute atomic E-state index is 0.867. The highest BCUT2D eigenvalue weighted by molar-refractivity contribution is 6.80. The summed E-state index contributed by atoms with van der Waals surface area (Å²) in [6.45, 7) is 16.5. The summed E-state index contributed by atoms with van der Waals surface area (Å²) < 4.78 is 0. The first-order valence-electron chi connectivity index (χ1n) is 2.70. The van der Waals surface area contributed by atoms with Crippen LogP contribution in [0.2, 0.25) is 19.6 Å². The molecule has 0 aliphatic heterocycles. The van der Waals surface area contributed by atoms with Gasteiger partial charge in [0.05, 0.1) is 8.07 Å². The molecule has 0 aliphatic rings. The molecule has 0 aromatic carbocycles. The highest BCUT2D eigenvalue weighted by Gasteiger charge is 2.03. The normalized spacial score (nSPS) is 8.88. The van der Waals surface area contributed by atoms with Gasteiger partial charge in [-0.3, -0.25) is 0 Å². The van der Waals surface area contributed by atoms with Crippen molar-refractivity contribution in [1.82, 2.24) is 0 Å². The maximum absolute atomic E-state index is 3.69. The van der Waals surface area contributed by atoms with E-state index >= 15 is 0 Å². The average molecular weight is 128 g/mol.